The van der Waals surface area contributed by atoms with Crippen LogP contribution in [0.15, 0.2) is 0 Å². The maximum Gasteiger partial charge on any atom is 0.312 e. The van der Waals surface area contributed by atoms with E-state index in [4.69, 9.17) is 5.73 Å². The lowest BCUT2D eigenvalue weighted by molar-refractivity contribution is -0.160. The van der Waals surface area contributed by atoms with Crippen LogP contribution in [-0.2, 0) is 9.59 Å². The Morgan fingerprint density at radius 1 is 0.885 bits per heavy atom. The third-order valence-electron chi connectivity index (χ3n) is 7.05. The summed E-state index contributed by atoms with van der Waals surface area (Å²) >= 11 is 0. The summed E-state index contributed by atoms with van der Waals surface area (Å²) in [5.41, 5.74) is 4.92. The molecular weight excluding hydrogens is 332 g/mol. The normalized spacial score (nSPS) is 35.5. The number of amides is 4. The number of rotatable bonds is 4. The van der Waals surface area contributed by atoms with E-state index in [9.17, 15) is 14.4 Å². The van der Waals surface area contributed by atoms with Crippen LogP contribution in [0, 0.1) is 23.2 Å². The number of urea groups is 1. The number of hydrogen-bond donors (Lipinski definition) is 2. The Hall–Kier alpha value is -1.79. The Kier molecular flexibility index (Phi) is 4.57. The second kappa shape index (κ2) is 6.74. The highest BCUT2D eigenvalue weighted by atomic mass is 16.2. The molecule has 1 heterocycles. The van der Waals surface area contributed by atoms with Crippen LogP contribution in [0.25, 0.3) is 0 Å². The van der Waals surface area contributed by atoms with Gasteiger partial charge in [0.2, 0.25) is 11.8 Å². The van der Waals surface area contributed by atoms with Gasteiger partial charge in [-0.25, -0.2) is 4.79 Å². The van der Waals surface area contributed by atoms with Gasteiger partial charge in [-0.05, 0) is 56.3 Å². The first-order chi connectivity index (χ1) is 12.4. The fraction of sp³-hybridized carbons (Fsp3) is 0.842. The summed E-state index contributed by atoms with van der Waals surface area (Å²) in [6, 6.07) is -0.608. The molecule has 5 aliphatic rings. The second-order valence-corrected chi connectivity index (χ2v) is 8.91. The molecule has 0 radical (unpaired) electrons. The smallest absolute Gasteiger partial charge is 0.312 e. The molecule has 5 rings (SSSR count). The van der Waals surface area contributed by atoms with Crippen LogP contribution in [0.4, 0.5) is 4.79 Å². The average molecular weight is 362 g/mol. The summed E-state index contributed by atoms with van der Waals surface area (Å²) in [6.07, 6.45) is 7.56. The van der Waals surface area contributed by atoms with Crippen molar-refractivity contribution >= 4 is 17.8 Å². The van der Waals surface area contributed by atoms with Crippen LogP contribution in [0.2, 0.25) is 0 Å². The van der Waals surface area contributed by atoms with E-state index in [0.29, 0.717) is 32.1 Å². The van der Waals surface area contributed by atoms with E-state index in [0.717, 1.165) is 37.0 Å². The third kappa shape index (κ3) is 3.28. The number of nitrogens with one attached hydrogen (secondary N) is 1. The number of carbonyl (C=O) groups is 3. The van der Waals surface area contributed by atoms with Gasteiger partial charge in [-0.3, -0.25) is 9.59 Å². The molecule has 7 heteroatoms. The van der Waals surface area contributed by atoms with Gasteiger partial charge in [-0.2, -0.15) is 0 Å². The second-order valence-electron chi connectivity index (χ2n) is 8.91. The molecule has 1 saturated heterocycles. The minimum atomic E-state index is -0.608. The highest BCUT2D eigenvalue weighted by Gasteiger charge is 2.55. The molecule has 5 fully saturated rings. The molecule has 0 aromatic carbocycles. The molecule has 4 bridgehead atoms. The van der Waals surface area contributed by atoms with E-state index in [2.05, 4.69) is 5.32 Å². The summed E-state index contributed by atoms with van der Waals surface area (Å²) in [7, 11) is 0. The minimum Gasteiger partial charge on any atom is -0.352 e. The van der Waals surface area contributed by atoms with Crippen molar-refractivity contribution in [2.75, 3.05) is 32.7 Å². The van der Waals surface area contributed by atoms with Gasteiger partial charge in [-0.1, -0.05) is 0 Å². The first-order valence-electron chi connectivity index (χ1n) is 10.1. The van der Waals surface area contributed by atoms with Gasteiger partial charge in [0.1, 0.15) is 0 Å². The van der Waals surface area contributed by atoms with E-state index < -0.39 is 6.03 Å². The minimum absolute atomic E-state index is 0.0145. The summed E-state index contributed by atoms with van der Waals surface area (Å²) in [5, 5.41) is 2.44. The predicted molar refractivity (Wildman–Crippen MR) is 96.0 cm³/mol. The topological polar surface area (TPSA) is 95.7 Å². The Morgan fingerprint density at radius 2 is 1.38 bits per heavy atom. The lowest BCUT2D eigenvalue weighted by Crippen LogP contribution is -2.58. The molecule has 0 aromatic heterocycles. The van der Waals surface area contributed by atoms with Gasteiger partial charge in [0.05, 0.1) is 5.41 Å². The zero-order valence-corrected chi connectivity index (χ0v) is 15.4. The maximum atomic E-state index is 13.3. The maximum absolute atomic E-state index is 13.3. The third-order valence-corrected chi connectivity index (χ3v) is 7.05. The average Bonchev–Trinajstić information content (AvgIpc) is 2.59. The van der Waals surface area contributed by atoms with Crippen molar-refractivity contribution in [1.82, 2.24) is 15.1 Å². The summed E-state index contributed by atoms with van der Waals surface area (Å²) in [4.78, 5) is 40.0. The molecule has 3 N–H and O–H groups in total. The van der Waals surface area contributed by atoms with Gasteiger partial charge < -0.3 is 20.9 Å². The molecule has 26 heavy (non-hydrogen) atoms. The van der Waals surface area contributed by atoms with E-state index in [-0.39, 0.29) is 24.3 Å². The number of piperazine rings is 1. The highest BCUT2D eigenvalue weighted by molar-refractivity contribution is 5.84. The highest BCUT2D eigenvalue weighted by Crippen LogP contribution is 2.60. The molecule has 4 amide bonds. The van der Waals surface area contributed by atoms with Gasteiger partial charge in [0, 0.05) is 39.1 Å². The molecule has 0 unspecified atom stereocenters. The summed E-state index contributed by atoms with van der Waals surface area (Å²) < 4.78 is 0. The van der Waals surface area contributed by atoms with Gasteiger partial charge in [-0.15, -0.1) is 0 Å². The number of nitrogens with two attached hydrogens (primary N) is 1. The number of carbonyl (C=O) groups excluding carboxylic acids is 3. The predicted octanol–water partition coefficient (Wildman–Crippen LogP) is 0.932. The van der Waals surface area contributed by atoms with E-state index in [1.807, 2.05) is 4.90 Å². The van der Waals surface area contributed by atoms with Crippen LogP contribution in [-0.4, -0.2) is 60.4 Å². The number of primary amides is 1. The van der Waals surface area contributed by atoms with E-state index in [1.54, 1.807) is 4.90 Å². The SMILES string of the molecule is NC(=O)NCCC(=O)N1CCN(C(=O)C23CC4CC(CC(C4)C2)C3)CC1. The standard InChI is InChI=1S/C19H30N4O3/c20-18(26)21-2-1-16(24)22-3-5-23(6-4-22)17(25)19-10-13-7-14(11-19)9-15(8-13)12-19/h13-15H,1-12H2,(H3,20,21,26). The molecule has 0 spiro atoms. The van der Waals surface area contributed by atoms with Crippen molar-refractivity contribution in [2.45, 2.75) is 44.9 Å². The van der Waals surface area contributed by atoms with Gasteiger partial charge >= 0.3 is 6.03 Å². The Morgan fingerprint density at radius 3 is 1.88 bits per heavy atom. The molecule has 144 valence electrons. The molecule has 0 aromatic rings. The van der Waals surface area contributed by atoms with Crippen LogP contribution < -0.4 is 11.1 Å². The first kappa shape index (κ1) is 17.6. The molecule has 4 aliphatic carbocycles. The molecular formula is C19H30N4O3. The zero-order valence-electron chi connectivity index (χ0n) is 15.4. The molecule has 0 atom stereocenters. The van der Waals surface area contributed by atoms with Crippen molar-refractivity contribution in [3.63, 3.8) is 0 Å². The zero-order chi connectivity index (χ0) is 18.3. The Labute approximate surface area is 154 Å². The van der Waals surface area contributed by atoms with Crippen LogP contribution >= 0.6 is 0 Å². The fourth-order valence-electron chi connectivity index (χ4n) is 6.32. The quantitative estimate of drug-likeness (QED) is 0.779. The lowest BCUT2D eigenvalue weighted by atomic mass is 9.49. The van der Waals surface area contributed by atoms with Crippen molar-refractivity contribution in [2.24, 2.45) is 28.9 Å². The van der Waals surface area contributed by atoms with E-state index >= 15 is 0 Å². The summed E-state index contributed by atoms with van der Waals surface area (Å²) in [6.45, 7) is 2.72. The van der Waals surface area contributed by atoms with Crippen molar-refractivity contribution in [3.8, 4) is 0 Å². The van der Waals surface area contributed by atoms with E-state index in [1.165, 1.54) is 19.3 Å². The number of nitrogens with zero attached hydrogens (tertiary/aromatic N) is 2. The van der Waals surface area contributed by atoms with Crippen molar-refractivity contribution < 1.29 is 14.4 Å². The summed E-state index contributed by atoms with van der Waals surface area (Å²) in [5.74, 6) is 2.68. The number of hydrogen-bond acceptors (Lipinski definition) is 3. The Bertz CT molecular complexity index is 562. The monoisotopic (exact) mass is 362 g/mol. The van der Waals surface area contributed by atoms with Gasteiger partial charge in [0.25, 0.3) is 0 Å². The lowest BCUT2D eigenvalue weighted by Gasteiger charge is -2.57. The molecule has 1 aliphatic heterocycles. The molecule has 4 saturated carbocycles. The molecule has 7 nitrogen and oxygen atoms in total. The van der Waals surface area contributed by atoms with Crippen LogP contribution in [0.1, 0.15) is 44.9 Å². The largest absolute Gasteiger partial charge is 0.352 e. The van der Waals surface area contributed by atoms with Crippen molar-refractivity contribution in [3.05, 3.63) is 0 Å². The first-order valence-corrected chi connectivity index (χ1v) is 10.1. The fourth-order valence-corrected chi connectivity index (χ4v) is 6.32. The van der Waals surface area contributed by atoms with Crippen LogP contribution in [0.5, 0.6) is 0 Å². The van der Waals surface area contributed by atoms with Gasteiger partial charge in [0.15, 0.2) is 0 Å². The Balaban J connectivity index is 1.30. The van der Waals surface area contributed by atoms with Crippen LogP contribution in [0.3, 0.4) is 0 Å². The van der Waals surface area contributed by atoms with Crippen molar-refractivity contribution in [1.29, 1.82) is 0 Å².